The molecular formula is C13H20N2O4S. The molecular weight excluding hydrogens is 280 g/mol. The van der Waals surface area contributed by atoms with Gasteiger partial charge in [-0.05, 0) is 37.6 Å². The highest BCUT2D eigenvalue weighted by molar-refractivity contribution is 7.92. The Balaban J connectivity index is 2.80. The van der Waals surface area contributed by atoms with E-state index in [1.165, 1.54) is 14.0 Å². The van der Waals surface area contributed by atoms with Crippen molar-refractivity contribution in [3.8, 4) is 0 Å². The highest BCUT2D eigenvalue weighted by Gasteiger charge is 2.27. The maximum atomic E-state index is 12.0. The van der Waals surface area contributed by atoms with Crippen molar-refractivity contribution in [2.75, 3.05) is 30.5 Å². The Morgan fingerprint density at radius 3 is 2.65 bits per heavy atom. The average Bonchev–Trinajstić information content (AvgIpc) is 2.38. The number of ether oxygens (including phenoxy) is 1. The summed E-state index contributed by atoms with van der Waals surface area (Å²) in [5.41, 5.74) is 7.54. The van der Waals surface area contributed by atoms with Crippen LogP contribution in [-0.4, -0.2) is 39.0 Å². The summed E-state index contributed by atoms with van der Waals surface area (Å²) >= 11 is 0. The third-order valence-electron chi connectivity index (χ3n) is 2.99. The van der Waals surface area contributed by atoms with E-state index in [0.29, 0.717) is 11.4 Å². The first-order valence-corrected chi connectivity index (χ1v) is 7.87. The standard InChI is InChI=1S/C13H20N2O4S/c1-9-8-11(14)4-5-12(9)15-13(16)10(2)20(17,18)7-6-19-3/h4-5,8,10H,6-7,14H2,1-3H3,(H,15,16). The highest BCUT2D eigenvalue weighted by atomic mass is 32.2. The molecule has 0 spiro atoms. The maximum Gasteiger partial charge on any atom is 0.242 e. The minimum Gasteiger partial charge on any atom is -0.399 e. The number of sulfone groups is 1. The SMILES string of the molecule is COCCS(=O)(=O)C(C)C(=O)Nc1ccc(N)cc1C. The minimum atomic E-state index is -3.52. The van der Waals surface area contributed by atoms with Gasteiger partial charge in [-0.1, -0.05) is 0 Å². The van der Waals surface area contributed by atoms with Gasteiger partial charge < -0.3 is 15.8 Å². The lowest BCUT2D eigenvalue weighted by atomic mass is 10.2. The molecule has 0 aliphatic heterocycles. The van der Waals surface area contributed by atoms with Gasteiger partial charge >= 0.3 is 0 Å². The number of carbonyl (C=O) groups excluding carboxylic acids is 1. The summed E-state index contributed by atoms with van der Waals surface area (Å²) < 4.78 is 28.5. The Morgan fingerprint density at radius 2 is 2.10 bits per heavy atom. The molecule has 0 fully saturated rings. The number of rotatable bonds is 6. The molecule has 1 atom stereocenters. The van der Waals surface area contributed by atoms with Crippen molar-refractivity contribution in [1.29, 1.82) is 0 Å². The summed E-state index contributed by atoms with van der Waals surface area (Å²) in [5, 5.41) is 1.48. The number of anilines is 2. The van der Waals surface area contributed by atoms with Crippen LogP contribution in [0.25, 0.3) is 0 Å². The number of nitrogens with one attached hydrogen (secondary N) is 1. The lowest BCUT2D eigenvalue weighted by Crippen LogP contribution is -2.35. The molecule has 7 heteroatoms. The van der Waals surface area contributed by atoms with E-state index in [2.05, 4.69) is 5.32 Å². The molecule has 20 heavy (non-hydrogen) atoms. The number of hydrogen-bond acceptors (Lipinski definition) is 5. The van der Waals surface area contributed by atoms with Gasteiger partial charge in [-0.25, -0.2) is 8.42 Å². The van der Waals surface area contributed by atoms with Gasteiger partial charge in [-0.15, -0.1) is 0 Å². The third-order valence-corrected chi connectivity index (χ3v) is 5.02. The van der Waals surface area contributed by atoms with Crippen molar-refractivity contribution in [2.45, 2.75) is 19.1 Å². The zero-order valence-electron chi connectivity index (χ0n) is 11.8. The zero-order valence-corrected chi connectivity index (χ0v) is 12.7. The van der Waals surface area contributed by atoms with Crippen molar-refractivity contribution in [1.82, 2.24) is 0 Å². The minimum absolute atomic E-state index is 0.0703. The van der Waals surface area contributed by atoms with E-state index in [9.17, 15) is 13.2 Å². The summed E-state index contributed by atoms with van der Waals surface area (Å²) in [4.78, 5) is 12.0. The second kappa shape index (κ2) is 6.71. The molecule has 0 saturated carbocycles. The van der Waals surface area contributed by atoms with Crippen LogP contribution in [0.15, 0.2) is 18.2 Å². The van der Waals surface area contributed by atoms with Gasteiger partial charge in [-0.3, -0.25) is 4.79 Å². The molecule has 0 saturated heterocycles. The Morgan fingerprint density at radius 1 is 1.45 bits per heavy atom. The number of carbonyl (C=O) groups is 1. The van der Waals surface area contributed by atoms with Crippen molar-refractivity contribution >= 4 is 27.1 Å². The van der Waals surface area contributed by atoms with Crippen LogP contribution in [0.4, 0.5) is 11.4 Å². The summed E-state index contributed by atoms with van der Waals surface area (Å²) in [7, 11) is -2.11. The number of aryl methyl sites for hydroxylation is 1. The van der Waals surface area contributed by atoms with Crippen LogP contribution in [0.1, 0.15) is 12.5 Å². The Bertz CT molecular complexity index is 584. The maximum absolute atomic E-state index is 12.0. The van der Waals surface area contributed by atoms with E-state index >= 15 is 0 Å². The molecule has 0 radical (unpaired) electrons. The molecule has 1 rings (SSSR count). The van der Waals surface area contributed by atoms with Gasteiger partial charge in [0, 0.05) is 18.5 Å². The second-order valence-corrected chi connectivity index (χ2v) is 7.01. The molecule has 3 N–H and O–H groups in total. The first kappa shape index (κ1) is 16.5. The van der Waals surface area contributed by atoms with E-state index in [1.54, 1.807) is 25.1 Å². The van der Waals surface area contributed by atoms with Gasteiger partial charge in [0.25, 0.3) is 0 Å². The Labute approximate surface area is 119 Å². The van der Waals surface area contributed by atoms with Crippen LogP contribution in [-0.2, 0) is 19.4 Å². The topological polar surface area (TPSA) is 98.5 Å². The second-order valence-electron chi connectivity index (χ2n) is 4.57. The van der Waals surface area contributed by atoms with Crippen molar-refractivity contribution < 1.29 is 17.9 Å². The molecule has 1 unspecified atom stereocenters. The van der Waals surface area contributed by atoms with E-state index in [0.717, 1.165) is 5.56 Å². The summed E-state index contributed by atoms with van der Waals surface area (Å²) in [6, 6.07) is 5.00. The van der Waals surface area contributed by atoms with E-state index < -0.39 is 21.0 Å². The van der Waals surface area contributed by atoms with Gasteiger partial charge in [-0.2, -0.15) is 0 Å². The van der Waals surface area contributed by atoms with Crippen LogP contribution in [0.2, 0.25) is 0 Å². The number of nitrogen functional groups attached to an aromatic ring is 1. The normalized spacial score (nSPS) is 12.9. The third kappa shape index (κ3) is 4.21. The predicted molar refractivity (Wildman–Crippen MR) is 79.3 cm³/mol. The van der Waals surface area contributed by atoms with E-state index in [1.807, 2.05) is 0 Å². The fraction of sp³-hybridized carbons (Fsp3) is 0.462. The lowest BCUT2D eigenvalue weighted by molar-refractivity contribution is -0.115. The average molecular weight is 300 g/mol. The molecule has 6 nitrogen and oxygen atoms in total. The lowest BCUT2D eigenvalue weighted by Gasteiger charge is -2.14. The largest absolute Gasteiger partial charge is 0.399 e. The fourth-order valence-electron chi connectivity index (χ4n) is 1.60. The molecule has 0 heterocycles. The molecule has 0 bridgehead atoms. The Kier molecular flexibility index (Phi) is 5.52. The molecule has 0 aliphatic carbocycles. The highest BCUT2D eigenvalue weighted by Crippen LogP contribution is 2.18. The number of methoxy groups -OCH3 is 1. The summed E-state index contributed by atoms with van der Waals surface area (Å²) in [6.07, 6.45) is 0. The first-order valence-electron chi connectivity index (χ1n) is 6.15. The van der Waals surface area contributed by atoms with E-state index in [-0.39, 0.29) is 12.4 Å². The van der Waals surface area contributed by atoms with Crippen LogP contribution in [0, 0.1) is 6.92 Å². The zero-order chi connectivity index (χ0) is 15.3. The van der Waals surface area contributed by atoms with Crippen LogP contribution in [0.5, 0.6) is 0 Å². The quantitative estimate of drug-likeness (QED) is 0.763. The molecule has 1 aromatic rings. The van der Waals surface area contributed by atoms with Crippen LogP contribution in [0.3, 0.4) is 0 Å². The predicted octanol–water partition coefficient (Wildman–Crippen LogP) is 0.965. The first-order chi connectivity index (χ1) is 9.27. The monoisotopic (exact) mass is 300 g/mol. The molecule has 0 aromatic heterocycles. The Hall–Kier alpha value is -1.60. The van der Waals surface area contributed by atoms with E-state index in [4.69, 9.17) is 10.5 Å². The summed E-state index contributed by atoms with van der Waals surface area (Å²) in [5.74, 6) is -0.743. The summed E-state index contributed by atoms with van der Waals surface area (Å²) in [6.45, 7) is 3.23. The van der Waals surface area contributed by atoms with Crippen molar-refractivity contribution in [2.24, 2.45) is 0 Å². The van der Waals surface area contributed by atoms with Crippen LogP contribution < -0.4 is 11.1 Å². The number of amides is 1. The molecule has 1 aromatic carbocycles. The van der Waals surface area contributed by atoms with Gasteiger partial charge in [0.05, 0.1) is 12.4 Å². The number of hydrogen-bond donors (Lipinski definition) is 2. The smallest absolute Gasteiger partial charge is 0.242 e. The van der Waals surface area contributed by atoms with Crippen molar-refractivity contribution in [3.63, 3.8) is 0 Å². The van der Waals surface area contributed by atoms with Crippen LogP contribution >= 0.6 is 0 Å². The van der Waals surface area contributed by atoms with Gasteiger partial charge in [0.2, 0.25) is 5.91 Å². The fourth-order valence-corrected chi connectivity index (χ4v) is 2.74. The molecule has 112 valence electrons. The molecule has 0 aliphatic rings. The molecule has 1 amide bonds. The van der Waals surface area contributed by atoms with Gasteiger partial charge in [0.15, 0.2) is 9.84 Å². The number of benzene rings is 1. The van der Waals surface area contributed by atoms with Gasteiger partial charge in [0.1, 0.15) is 5.25 Å². The number of nitrogens with two attached hydrogens (primary N) is 1. The van der Waals surface area contributed by atoms with Crippen molar-refractivity contribution in [3.05, 3.63) is 23.8 Å².